The summed E-state index contributed by atoms with van der Waals surface area (Å²) < 4.78 is 24.7. The lowest BCUT2D eigenvalue weighted by Gasteiger charge is -2.37. The van der Waals surface area contributed by atoms with Gasteiger partial charge in [0.25, 0.3) is 5.56 Å². The van der Waals surface area contributed by atoms with Crippen molar-refractivity contribution in [3.8, 4) is 0 Å². The van der Waals surface area contributed by atoms with Crippen molar-refractivity contribution in [1.82, 2.24) is 14.5 Å². The minimum Gasteiger partial charge on any atom is -0.342 e. The lowest BCUT2D eigenvalue weighted by atomic mass is 10.0. The van der Waals surface area contributed by atoms with Crippen molar-refractivity contribution in [2.24, 2.45) is 13.0 Å². The van der Waals surface area contributed by atoms with Crippen LogP contribution in [-0.2, 0) is 21.7 Å². The van der Waals surface area contributed by atoms with Crippen LogP contribution in [0.15, 0.2) is 29.1 Å². The summed E-state index contributed by atoms with van der Waals surface area (Å²) in [6, 6.07) is 7.45. The lowest BCUT2D eigenvalue weighted by molar-refractivity contribution is -0.130. The van der Waals surface area contributed by atoms with Crippen LogP contribution >= 0.6 is 0 Å². The van der Waals surface area contributed by atoms with E-state index in [9.17, 15) is 18.0 Å². The van der Waals surface area contributed by atoms with Crippen LogP contribution in [0, 0.1) is 5.92 Å². The molecule has 9 heteroatoms. The molecule has 156 valence electrons. The standard InChI is InChI=1S/C20H26N4O4S/c1-22-19(26)16-5-3-4-6-17(16)21-20(22)23-9-7-15(8-10-23)24-12-14(11-18(24)25)13-29(2,27)28/h3-6,14-15H,7-13H2,1-2H3. The number of hydrogen-bond donors (Lipinski definition) is 0. The Morgan fingerprint density at radius 3 is 2.52 bits per heavy atom. The molecule has 2 saturated heterocycles. The molecule has 0 radical (unpaired) electrons. The Morgan fingerprint density at radius 2 is 1.83 bits per heavy atom. The molecular formula is C20H26N4O4S. The fourth-order valence-corrected chi connectivity index (χ4v) is 5.65. The number of rotatable bonds is 4. The zero-order valence-corrected chi connectivity index (χ0v) is 17.6. The molecule has 1 amide bonds. The van der Waals surface area contributed by atoms with Gasteiger partial charge in [0.1, 0.15) is 9.84 Å². The van der Waals surface area contributed by atoms with Gasteiger partial charge in [-0.2, -0.15) is 0 Å². The second-order valence-corrected chi connectivity index (χ2v) is 10.4. The highest BCUT2D eigenvalue weighted by Crippen LogP contribution is 2.27. The molecule has 3 heterocycles. The van der Waals surface area contributed by atoms with Crippen LogP contribution in [-0.4, -0.2) is 66.5 Å². The second-order valence-electron chi connectivity index (χ2n) is 8.22. The summed E-state index contributed by atoms with van der Waals surface area (Å²) in [5.74, 6) is 0.652. The number of likely N-dealkylation sites (tertiary alicyclic amines) is 1. The van der Waals surface area contributed by atoms with Gasteiger partial charge in [-0.3, -0.25) is 14.2 Å². The molecule has 0 saturated carbocycles. The van der Waals surface area contributed by atoms with Gasteiger partial charge in [0.15, 0.2) is 0 Å². The molecule has 4 rings (SSSR count). The zero-order valence-electron chi connectivity index (χ0n) is 16.7. The number of fused-ring (bicyclic) bond motifs is 1. The zero-order chi connectivity index (χ0) is 20.8. The number of sulfone groups is 1. The predicted octanol–water partition coefficient (Wildman–Crippen LogP) is 0.795. The molecule has 0 bridgehead atoms. The number of piperidine rings is 1. The van der Waals surface area contributed by atoms with Crippen molar-refractivity contribution >= 4 is 32.6 Å². The molecule has 1 aromatic heterocycles. The van der Waals surface area contributed by atoms with Gasteiger partial charge in [-0.25, -0.2) is 13.4 Å². The fourth-order valence-electron chi connectivity index (χ4n) is 4.57. The highest BCUT2D eigenvalue weighted by Gasteiger charge is 2.37. The number of aromatic nitrogens is 2. The topological polar surface area (TPSA) is 92.6 Å². The molecule has 2 aliphatic rings. The summed E-state index contributed by atoms with van der Waals surface area (Å²) in [7, 11) is -1.35. The molecular weight excluding hydrogens is 392 g/mol. The Bertz CT molecular complexity index is 1100. The van der Waals surface area contributed by atoms with Crippen molar-refractivity contribution in [2.45, 2.75) is 25.3 Å². The largest absolute Gasteiger partial charge is 0.342 e. The average molecular weight is 419 g/mol. The van der Waals surface area contributed by atoms with Gasteiger partial charge in [0.2, 0.25) is 11.9 Å². The van der Waals surface area contributed by atoms with Crippen molar-refractivity contribution < 1.29 is 13.2 Å². The Hall–Kier alpha value is -2.42. The van der Waals surface area contributed by atoms with Crippen LogP contribution in [0.1, 0.15) is 19.3 Å². The summed E-state index contributed by atoms with van der Waals surface area (Å²) in [4.78, 5) is 33.7. The summed E-state index contributed by atoms with van der Waals surface area (Å²) in [5, 5.41) is 0.605. The van der Waals surface area contributed by atoms with Gasteiger partial charge >= 0.3 is 0 Å². The number of amides is 1. The average Bonchev–Trinajstić information content (AvgIpc) is 3.03. The second kappa shape index (κ2) is 7.44. The van der Waals surface area contributed by atoms with E-state index in [0.717, 1.165) is 12.8 Å². The predicted molar refractivity (Wildman–Crippen MR) is 112 cm³/mol. The molecule has 29 heavy (non-hydrogen) atoms. The SMILES string of the molecule is Cn1c(N2CCC(N3CC(CS(C)(=O)=O)CC3=O)CC2)nc2ccccc2c1=O. The molecule has 1 aromatic carbocycles. The van der Waals surface area contributed by atoms with Crippen molar-refractivity contribution in [2.75, 3.05) is 36.5 Å². The van der Waals surface area contributed by atoms with Gasteiger partial charge in [0.05, 0.1) is 16.7 Å². The number of hydrogen-bond acceptors (Lipinski definition) is 6. The molecule has 0 aliphatic carbocycles. The summed E-state index contributed by atoms with van der Waals surface area (Å²) >= 11 is 0. The first-order valence-corrected chi connectivity index (χ1v) is 12.0. The normalized spacial score (nSPS) is 21.3. The lowest BCUT2D eigenvalue weighted by Crippen LogP contribution is -2.47. The molecule has 1 unspecified atom stereocenters. The third-order valence-corrected chi connectivity index (χ3v) is 7.00. The highest BCUT2D eigenvalue weighted by atomic mass is 32.2. The molecule has 2 fully saturated rings. The van der Waals surface area contributed by atoms with E-state index in [4.69, 9.17) is 4.98 Å². The number of carbonyl (C=O) groups is 1. The summed E-state index contributed by atoms with van der Waals surface area (Å²) in [5.41, 5.74) is 0.622. The first-order chi connectivity index (χ1) is 13.7. The Labute approximate surface area is 170 Å². The maximum absolute atomic E-state index is 12.7. The number of nitrogens with zero attached hydrogens (tertiary/aromatic N) is 4. The van der Waals surface area contributed by atoms with E-state index in [1.807, 2.05) is 23.1 Å². The number of benzene rings is 1. The van der Waals surface area contributed by atoms with Crippen LogP contribution < -0.4 is 10.5 Å². The van der Waals surface area contributed by atoms with E-state index in [1.165, 1.54) is 6.26 Å². The number of para-hydroxylation sites is 1. The van der Waals surface area contributed by atoms with Gasteiger partial charge in [0, 0.05) is 45.4 Å². The Morgan fingerprint density at radius 1 is 1.14 bits per heavy atom. The minimum absolute atomic E-state index is 0.0494. The van der Waals surface area contributed by atoms with Gasteiger partial charge in [-0.1, -0.05) is 12.1 Å². The third-order valence-electron chi connectivity index (χ3n) is 5.92. The van der Waals surface area contributed by atoms with Crippen LogP contribution in [0.3, 0.4) is 0 Å². The first kappa shape index (κ1) is 19.9. The summed E-state index contributed by atoms with van der Waals surface area (Å²) in [6.45, 7) is 1.91. The maximum Gasteiger partial charge on any atom is 0.262 e. The quantitative estimate of drug-likeness (QED) is 0.729. The fraction of sp³-hybridized carbons (Fsp3) is 0.550. The molecule has 2 aromatic rings. The first-order valence-electron chi connectivity index (χ1n) is 9.91. The van der Waals surface area contributed by atoms with E-state index < -0.39 is 9.84 Å². The number of anilines is 1. The van der Waals surface area contributed by atoms with Crippen molar-refractivity contribution in [1.29, 1.82) is 0 Å². The minimum atomic E-state index is -3.08. The maximum atomic E-state index is 12.7. The van der Waals surface area contributed by atoms with Gasteiger partial charge < -0.3 is 9.80 Å². The highest BCUT2D eigenvalue weighted by molar-refractivity contribution is 7.90. The molecule has 8 nitrogen and oxygen atoms in total. The van der Waals surface area contributed by atoms with E-state index in [2.05, 4.69) is 4.90 Å². The van der Waals surface area contributed by atoms with E-state index in [1.54, 1.807) is 17.7 Å². The Balaban J connectivity index is 1.46. The van der Waals surface area contributed by atoms with Gasteiger partial charge in [-0.15, -0.1) is 0 Å². The number of carbonyl (C=O) groups excluding carboxylic acids is 1. The van der Waals surface area contributed by atoms with Crippen LogP contribution in [0.25, 0.3) is 10.9 Å². The van der Waals surface area contributed by atoms with E-state index in [0.29, 0.717) is 42.9 Å². The van der Waals surface area contributed by atoms with E-state index in [-0.39, 0.29) is 29.2 Å². The van der Waals surface area contributed by atoms with Crippen molar-refractivity contribution in [3.05, 3.63) is 34.6 Å². The van der Waals surface area contributed by atoms with Gasteiger partial charge in [-0.05, 0) is 30.9 Å². The molecule has 2 aliphatic heterocycles. The van der Waals surface area contributed by atoms with Crippen LogP contribution in [0.5, 0.6) is 0 Å². The van der Waals surface area contributed by atoms with Crippen LogP contribution in [0.2, 0.25) is 0 Å². The van der Waals surface area contributed by atoms with E-state index >= 15 is 0 Å². The molecule has 1 atom stereocenters. The molecule has 0 spiro atoms. The third kappa shape index (κ3) is 4.01. The monoisotopic (exact) mass is 418 g/mol. The van der Waals surface area contributed by atoms with Crippen LogP contribution in [0.4, 0.5) is 5.95 Å². The summed E-state index contributed by atoms with van der Waals surface area (Å²) in [6.07, 6.45) is 3.09. The smallest absolute Gasteiger partial charge is 0.262 e. The molecule has 0 N–H and O–H groups in total. The Kier molecular flexibility index (Phi) is 5.10. The van der Waals surface area contributed by atoms with Crippen molar-refractivity contribution in [3.63, 3.8) is 0 Å².